The van der Waals surface area contributed by atoms with Gasteiger partial charge in [-0.1, -0.05) is 19.9 Å². The van der Waals surface area contributed by atoms with Crippen LogP contribution in [0.3, 0.4) is 0 Å². The van der Waals surface area contributed by atoms with Crippen LogP contribution in [0.4, 0.5) is 8.78 Å². The van der Waals surface area contributed by atoms with E-state index in [0.717, 1.165) is 24.9 Å². The van der Waals surface area contributed by atoms with E-state index in [1.165, 1.54) is 12.1 Å². The van der Waals surface area contributed by atoms with E-state index in [0.29, 0.717) is 12.5 Å². The molecule has 0 spiro atoms. The van der Waals surface area contributed by atoms with Crippen LogP contribution in [0, 0.1) is 17.6 Å². The molecule has 0 amide bonds. The Kier molecular flexibility index (Phi) is 6.95. The average Bonchev–Trinajstić information content (AvgIpc) is 2.38. The van der Waals surface area contributed by atoms with Crippen LogP contribution in [0.25, 0.3) is 0 Å². The van der Waals surface area contributed by atoms with Crippen molar-refractivity contribution in [1.82, 2.24) is 5.32 Å². The number of ether oxygens (including phenoxy) is 1. The van der Waals surface area contributed by atoms with Gasteiger partial charge in [0.1, 0.15) is 0 Å². The summed E-state index contributed by atoms with van der Waals surface area (Å²) >= 11 is 0. The molecule has 108 valence electrons. The molecule has 1 aromatic rings. The highest BCUT2D eigenvalue weighted by Crippen LogP contribution is 2.23. The Morgan fingerprint density at radius 1 is 1.26 bits per heavy atom. The van der Waals surface area contributed by atoms with E-state index in [4.69, 9.17) is 4.74 Å². The Hall–Kier alpha value is -1.00. The third kappa shape index (κ3) is 5.25. The zero-order valence-electron chi connectivity index (χ0n) is 11.9. The molecular weight excluding hydrogens is 248 g/mol. The van der Waals surface area contributed by atoms with Crippen LogP contribution < -0.4 is 5.32 Å². The van der Waals surface area contributed by atoms with Gasteiger partial charge in [0.15, 0.2) is 11.6 Å². The van der Waals surface area contributed by atoms with E-state index < -0.39 is 11.6 Å². The van der Waals surface area contributed by atoms with E-state index in [-0.39, 0.29) is 6.04 Å². The first-order valence-corrected chi connectivity index (χ1v) is 6.75. The molecule has 1 aromatic carbocycles. The maximum atomic E-state index is 13.3. The van der Waals surface area contributed by atoms with Gasteiger partial charge in [0.25, 0.3) is 0 Å². The monoisotopic (exact) mass is 271 g/mol. The van der Waals surface area contributed by atoms with Crippen molar-refractivity contribution in [3.63, 3.8) is 0 Å². The molecule has 0 fully saturated rings. The molecule has 0 aliphatic carbocycles. The van der Waals surface area contributed by atoms with Crippen LogP contribution in [-0.4, -0.2) is 20.3 Å². The molecule has 2 nitrogen and oxygen atoms in total. The van der Waals surface area contributed by atoms with E-state index in [9.17, 15) is 8.78 Å². The van der Waals surface area contributed by atoms with Crippen molar-refractivity contribution in [2.24, 2.45) is 5.92 Å². The van der Waals surface area contributed by atoms with Gasteiger partial charge in [0.2, 0.25) is 0 Å². The minimum Gasteiger partial charge on any atom is -0.384 e. The quantitative estimate of drug-likeness (QED) is 0.778. The number of nitrogens with one attached hydrogen (secondary N) is 1. The van der Waals surface area contributed by atoms with Crippen molar-refractivity contribution in [2.45, 2.75) is 32.7 Å². The van der Waals surface area contributed by atoms with Gasteiger partial charge in [-0.3, -0.25) is 0 Å². The molecule has 0 heterocycles. The van der Waals surface area contributed by atoms with Crippen LogP contribution in [0.15, 0.2) is 18.2 Å². The smallest absolute Gasteiger partial charge is 0.159 e. The number of hydrogen-bond acceptors (Lipinski definition) is 2. The first kappa shape index (κ1) is 16.1. The van der Waals surface area contributed by atoms with Crippen molar-refractivity contribution in [3.8, 4) is 0 Å². The summed E-state index contributed by atoms with van der Waals surface area (Å²) in [7, 11) is 1.67. The maximum absolute atomic E-state index is 13.3. The molecule has 1 N–H and O–H groups in total. The van der Waals surface area contributed by atoms with Crippen molar-refractivity contribution in [3.05, 3.63) is 35.4 Å². The zero-order valence-corrected chi connectivity index (χ0v) is 11.9. The lowest BCUT2D eigenvalue weighted by atomic mass is 9.96. The molecule has 2 unspecified atom stereocenters. The molecule has 19 heavy (non-hydrogen) atoms. The Morgan fingerprint density at radius 2 is 2.00 bits per heavy atom. The highest BCUT2D eigenvalue weighted by Gasteiger charge is 2.16. The van der Waals surface area contributed by atoms with Gasteiger partial charge in [0.05, 0.1) is 0 Å². The third-order valence-corrected chi connectivity index (χ3v) is 3.08. The first-order chi connectivity index (χ1) is 9.08. The largest absolute Gasteiger partial charge is 0.384 e. The van der Waals surface area contributed by atoms with E-state index >= 15 is 0 Å². The van der Waals surface area contributed by atoms with Gasteiger partial charge < -0.3 is 10.1 Å². The van der Waals surface area contributed by atoms with Crippen LogP contribution in [-0.2, 0) is 4.74 Å². The Balaban J connectivity index is 2.79. The third-order valence-electron chi connectivity index (χ3n) is 3.08. The van der Waals surface area contributed by atoms with Crippen molar-refractivity contribution in [1.29, 1.82) is 0 Å². The Labute approximate surface area is 114 Å². The van der Waals surface area contributed by atoms with Gasteiger partial charge >= 0.3 is 0 Å². The molecule has 1 rings (SSSR count). The zero-order chi connectivity index (χ0) is 14.3. The number of benzene rings is 1. The van der Waals surface area contributed by atoms with Crippen molar-refractivity contribution in [2.75, 3.05) is 20.3 Å². The molecule has 0 aliphatic rings. The lowest BCUT2D eigenvalue weighted by Crippen LogP contribution is -2.25. The summed E-state index contributed by atoms with van der Waals surface area (Å²) in [5.74, 6) is -1.24. The number of halogens is 2. The highest BCUT2D eigenvalue weighted by molar-refractivity contribution is 5.21. The fourth-order valence-corrected chi connectivity index (χ4v) is 2.14. The molecule has 2 atom stereocenters. The summed E-state index contributed by atoms with van der Waals surface area (Å²) in [6, 6.07) is 4.14. The second kappa shape index (κ2) is 8.23. The van der Waals surface area contributed by atoms with Gasteiger partial charge in [-0.15, -0.1) is 0 Å². The normalized spacial score (nSPS) is 14.4. The van der Waals surface area contributed by atoms with Crippen molar-refractivity contribution >= 4 is 0 Å². The Bertz CT molecular complexity index is 384. The first-order valence-electron chi connectivity index (χ1n) is 6.75. The molecule has 0 radical (unpaired) electrons. The average molecular weight is 271 g/mol. The van der Waals surface area contributed by atoms with Crippen LogP contribution in [0.2, 0.25) is 0 Å². The van der Waals surface area contributed by atoms with Crippen molar-refractivity contribution < 1.29 is 13.5 Å². The number of rotatable bonds is 8. The molecule has 0 bridgehead atoms. The summed E-state index contributed by atoms with van der Waals surface area (Å²) < 4.78 is 31.4. The van der Waals surface area contributed by atoms with Gasteiger partial charge in [-0.05, 0) is 43.0 Å². The lowest BCUT2D eigenvalue weighted by Gasteiger charge is -2.22. The minimum atomic E-state index is -0.803. The standard InChI is InChI=1S/C15H23F2NO/c1-4-7-18-15(8-11(2)10-19-3)12-5-6-13(16)14(17)9-12/h5-6,9,11,15,18H,4,7-8,10H2,1-3H3. The number of hydrogen-bond donors (Lipinski definition) is 1. The lowest BCUT2D eigenvalue weighted by molar-refractivity contribution is 0.149. The topological polar surface area (TPSA) is 21.3 Å². The fraction of sp³-hybridized carbons (Fsp3) is 0.600. The second-order valence-corrected chi connectivity index (χ2v) is 4.98. The summed E-state index contributed by atoms with van der Waals surface area (Å²) in [4.78, 5) is 0. The second-order valence-electron chi connectivity index (χ2n) is 4.98. The summed E-state index contributed by atoms with van der Waals surface area (Å²) in [6.45, 7) is 5.68. The summed E-state index contributed by atoms with van der Waals surface area (Å²) in [5, 5.41) is 3.38. The molecule has 0 saturated carbocycles. The molecular formula is C15H23F2NO. The predicted molar refractivity (Wildman–Crippen MR) is 73.0 cm³/mol. The van der Waals surface area contributed by atoms with Gasteiger partial charge in [0, 0.05) is 19.8 Å². The van der Waals surface area contributed by atoms with Crippen LogP contribution in [0.1, 0.15) is 38.3 Å². The van der Waals surface area contributed by atoms with Crippen LogP contribution >= 0.6 is 0 Å². The Morgan fingerprint density at radius 3 is 2.58 bits per heavy atom. The maximum Gasteiger partial charge on any atom is 0.159 e. The number of methoxy groups -OCH3 is 1. The van der Waals surface area contributed by atoms with Gasteiger partial charge in [-0.25, -0.2) is 8.78 Å². The minimum absolute atomic E-state index is 0.0280. The van der Waals surface area contributed by atoms with E-state index in [1.807, 2.05) is 0 Å². The summed E-state index contributed by atoms with van der Waals surface area (Å²) in [5.41, 5.74) is 0.787. The fourth-order valence-electron chi connectivity index (χ4n) is 2.14. The molecule has 0 aromatic heterocycles. The molecule has 4 heteroatoms. The van der Waals surface area contributed by atoms with E-state index in [1.54, 1.807) is 13.2 Å². The molecule has 0 aliphatic heterocycles. The SMILES string of the molecule is CCCNC(CC(C)COC)c1ccc(F)c(F)c1. The highest BCUT2D eigenvalue weighted by atomic mass is 19.2. The van der Waals surface area contributed by atoms with Gasteiger partial charge in [-0.2, -0.15) is 0 Å². The van der Waals surface area contributed by atoms with E-state index in [2.05, 4.69) is 19.2 Å². The van der Waals surface area contributed by atoms with Crippen LogP contribution in [0.5, 0.6) is 0 Å². The molecule has 0 saturated heterocycles. The summed E-state index contributed by atoms with van der Waals surface area (Å²) in [6.07, 6.45) is 1.83. The predicted octanol–water partition coefficient (Wildman–Crippen LogP) is 3.68.